The molecular weight excluding hydrogens is 694 g/mol. The topological polar surface area (TPSA) is 172 Å². The van der Waals surface area contributed by atoms with Crippen LogP contribution in [0.2, 0.25) is 0 Å². The van der Waals surface area contributed by atoms with Crippen molar-refractivity contribution in [2.24, 2.45) is 23.7 Å². The van der Waals surface area contributed by atoms with Crippen LogP contribution < -0.4 is 10.6 Å². The summed E-state index contributed by atoms with van der Waals surface area (Å²) in [4.78, 5) is 60.1. The lowest BCUT2D eigenvalue weighted by atomic mass is 9.73. The van der Waals surface area contributed by atoms with Crippen LogP contribution in [-0.2, 0) is 44.5 Å². The maximum atomic E-state index is 14.3. The number of amides is 1. The van der Waals surface area contributed by atoms with E-state index in [1.807, 2.05) is 37.4 Å². The van der Waals surface area contributed by atoms with Crippen molar-refractivity contribution in [3.05, 3.63) is 42.1 Å². The molecule has 0 radical (unpaired) electrons. The van der Waals surface area contributed by atoms with E-state index < -0.39 is 83.4 Å². The standard InChI is InChI=1S/C41H59N3O10/c1-22-20-40(6,50-9)36(53-38-34(47)30(42-8)18-23(2)51-38)25(4)33(46)26(5)37(48)52-31(41(7)35(24(3)32(22)45)44-39(49)54-41)17-13-10-14-27-19-28-15-11-12-16-29(28)43-21-27/h11-12,15-16,19,21-26,30-31,34-36,38,42,47H,10,13-14,17-18,20H2,1-9H3,(H,44,49)/t22-,23?,24?,25+,26?,30?,31-,34?,35-,36-,38?,40-,41-/m1/s1. The number of methoxy groups -OCH3 is 1. The first-order chi connectivity index (χ1) is 25.5. The van der Waals surface area contributed by atoms with E-state index >= 15 is 0 Å². The summed E-state index contributed by atoms with van der Waals surface area (Å²) in [5.74, 6) is -4.98. The molecule has 54 heavy (non-hydrogen) atoms. The third kappa shape index (κ3) is 8.65. The number of fused-ring (bicyclic) bond motifs is 2. The Bertz CT molecular complexity index is 1670. The Labute approximate surface area is 318 Å². The highest BCUT2D eigenvalue weighted by atomic mass is 16.7. The molecule has 1 aromatic heterocycles. The van der Waals surface area contributed by atoms with E-state index in [0.717, 1.165) is 29.3 Å². The Morgan fingerprint density at radius 3 is 2.44 bits per heavy atom. The molecule has 0 spiro atoms. The van der Waals surface area contributed by atoms with E-state index in [9.17, 15) is 24.3 Å². The first kappa shape index (κ1) is 41.7. The lowest BCUT2D eigenvalue weighted by molar-refractivity contribution is -0.290. The van der Waals surface area contributed by atoms with Gasteiger partial charge in [0.1, 0.15) is 23.9 Å². The number of nitrogens with zero attached hydrogens (tertiary/aromatic N) is 1. The molecule has 0 bridgehead atoms. The summed E-state index contributed by atoms with van der Waals surface area (Å²) in [5, 5.41) is 18.2. The molecule has 0 aliphatic carbocycles. The number of cyclic esters (lactones) is 1. The Morgan fingerprint density at radius 2 is 1.74 bits per heavy atom. The van der Waals surface area contributed by atoms with Gasteiger partial charge in [0.15, 0.2) is 17.7 Å². The lowest BCUT2D eigenvalue weighted by Crippen LogP contribution is -2.60. The van der Waals surface area contributed by atoms with Crippen molar-refractivity contribution in [1.29, 1.82) is 0 Å². The maximum Gasteiger partial charge on any atom is 0.408 e. The molecular formula is C41H59N3O10. The van der Waals surface area contributed by atoms with Crippen LogP contribution in [-0.4, -0.2) is 102 Å². The van der Waals surface area contributed by atoms with Crippen LogP contribution in [0.15, 0.2) is 36.5 Å². The number of esters is 1. The molecule has 3 aliphatic heterocycles. The number of carbonyl (C=O) groups is 4. The number of alkyl carbamates (subject to hydrolysis) is 1. The molecule has 1 aromatic carbocycles. The fraction of sp³-hybridized carbons (Fsp3) is 0.683. The average molecular weight is 754 g/mol. The summed E-state index contributed by atoms with van der Waals surface area (Å²) in [6.45, 7) is 12.0. The molecule has 3 saturated heterocycles. The van der Waals surface area contributed by atoms with E-state index in [2.05, 4.69) is 21.7 Å². The van der Waals surface area contributed by atoms with E-state index in [1.54, 1.807) is 41.7 Å². The zero-order valence-electron chi connectivity index (χ0n) is 33.1. The number of aliphatic hydroxyl groups excluding tert-OH is 1. The van der Waals surface area contributed by atoms with E-state index in [1.165, 1.54) is 14.0 Å². The van der Waals surface area contributed by atoms with E-state index in [4.69, 9.17) is 23.7 Å². The number of ether oxygens (including phenoxy) is 5. The van der Waals surface area contributed by atoms with E-state index in [0.29, 0.717) is 19.3 Å². The summed E-state index contributed by atoms with van der Waals surface area (Å²) >= 11 is 0. The molecule has 6 unspecified atom stereocenters. The van der Waals surface area contributed by atoms with Crippen LogP contribution in [0.25, 0.3) is 10.9 Å². The Kier molecular flexibility index (Phi) is 13.2. The van der Waals surface area contributed by atoms with E-state index in [-0.39, 0.29) is 24.3 Å². The number of benzene rings is 1. The summed E-state index contributed by atoms with van der Waals surface area (Å²) in [5.41, 5.74) is -0.674. The van der Waals surface area contributed by atoms with Crippen molar-refractivity contribution in [1.82, 2.24) is 15.6 Å². The highest BCUT2D eigenvalue weighted by molar-refractivity contribution is 6.00. The fourth-order valence-electron chi connectivity index (χ4n) is 8.75. The van der Waals surface area contributed by atoms with Gasteiger partial charge in [0.2, 0.25) is 0 Å². The quantitative estimate of drug-likeness (QED) is 0.184. The molecule has 13 atom stereocenters. The molecule has 3 aliphatic rings. The van der Waals surface area contributed by atoms with Gasteiger partial charge in [-0.1, -0.05) is 39.0 Å². The zero-order valence-corrected chi connectivity index (χ0v) is 33.1. The number of likely N-dealkylation sites (N-methyl/N-ethyl adjacent to an activating group) is 1. The average Bonchev–Trinajstić information content (AvgIpc) is 3.47. The van der Waals surface area contributed by atoms with Crippen molar-refractivity contribution >= 4 is 34.5 Å². The predicted octanol–water partition coefficient (Wildman–Crippen LogP) is 4.69. The second kappa shape index (κ2) is 17.1. The molecule has 1 amide bonds. The third-order valence-electron chi connectivity index (χ3n) is 12.1. The number of hydrogen-bond acceptors (Lipinski definition) is 12. The van der Waals surface area contributed by atoms with Crippen LogP contribution >= 0.6 is 0 Å². The molecule has 13 heteroatoms. The third-order valence-corrected chi connectivity index (χ3v) is 12.1. The number of ketones is 2. The van der Waals surface area contributed by atoms with Crippen LogP contribution in [0.5, 0.6) is 0 Å². The van der Waals surface area contributed by atoms with Gasteiger partial charge in [-0.25, -0.2) is 4.79 Å². The minimum absolute atomic E-state index is 0.132. The minimum Gasteiger partial charge on any atom is -0.457 e. The lowest BCUT2D eigenvalue weighted by Gasteiger charge is -2.46. The number of aryl methyl sites for hydroxylation is 1. The Morgan fingerprint density at radius 1 is 1.02 bits per heavy atom. The van der Waals surface area contributed by atoms with Crippen molar-refractivity contribution in [2.75, 3.05) is 14.2 Å². The molecule has 0 saturated carbocycles. The zero-order chi connectivity index (χ0) is 39.5. The predicted molar refractivity (Wildman–Crippen MR) is 200 cm³/mol. The van der Waals surface area contributed by atoms with Crippen LogP contribution in [0.3, 0.4) is 0 Å². The van der Waals surface area contributed by atoms with Gasteiger partial charge in [0, 0.05) is 42.5 Å². The number of unbranched alkanes of at least 4 members (excludes halogenated alkanes) is 1. The number of aliphatic hydroxyl groups is 1. The van der Waals surface area contributed by atoms with Gasteiger partial charge in [-0.05, 0) is 91.0 Å². The number of aromatic nitrogens is 1. The van der Waals surface area contributed by atoms with Gasteiger partial charge in [-0.3, -0.25) is 19.4 Å². The summed E-state index contributed by atoms with van der Waals surface area (Å²) in [6.07, 6.45) is -0.258. The van der Waals surface area contributed by atoms with Crippen molar-refractivity contribution in [2.45, 2.75) is 141 Å². The van der Waals surface area contributed by atoms with Crippen molar-refractivity contribution < 1.29 is 48.0 Å². The largest absolute Gasteiger partial charge is 0.457 e. The van der Waals surface area contributed by atoms with Crippen LogP contribution in [0.4, 0.5) is 4.79 Å². The molecule has 298 valence electrons. The Balaban J connectivity index is 1.44. The second-order valence-electron chi connectivity index (χ2n) is 16.1. The molecule has 4 heterocycles. The summed E-state index contributed by atoms with van der Waals surface area (Å²) < 4.78 is 30.8. The van der Waals surface area contributed by atoms with Crippen LogP contribution in [0.1, 0.15) is 86.1 Å². The van der Waals surface area contributed by atoms with Gasteiger partial charge in [-0.15, -0.1) is 0 Å². The number of hydrogen-bond donors (Lipinski definition) is 3. The SMILES string of the molecule is CNC1CC(C)OC(O[C@@H]2[C@@H](C)C(=O)C(C)C(=O)O[C@H](CCCCc3cnc4ccccc4c3)[C@@]3(C)OC(=O)N[C@@H]3C(C)C(=O)[C@H](C)C[C@@]2(C)OC)C1O. The summed E-state index contributed by atoms with van der Waals surface area (Å²) in [6, 6.07) is 8.86. The fourth-order valence-corrected chi connectivity index (χ4v) is 8.75. The van der Waals surface area contributed by atoms with Gasteiger partial charge in [-0.2, -0.15) is 0 Å². The van der Waals surface area contributed by atoms with Gasteiger partial charge >= 0.3 is 12.1 Å². The number of nitrogens with one attached hydrogen (secondary N) is 2. The van der Waals surface area contributed by atoms with Gasteiger partial charge < -0.3 is 39.4 Å². The normalized spacial score (nSPS) is 38.3. The number of pyridine rings is 1. The monoisotopic (exact) mass is 753 g/mol. The highest BCUT2D eigenvalue weighted by Crippen LogP contribution is 2.40. The smallest absolute Gasteiger partial charge is 0.408 e. The highest BCUT2D eigenvalue weighted by Gasteiger charge is 2.57. The number of Topliss-reactive ketones (excluding diaryl/α,β-unsaturated/α-hetero) is 2. The number of rotatable bonds is 9. The molecule has 3 fully saturated rings. The van der Waals surface area contributed by atoms with Gasteiger partial charge in [0.25, 0.3) is 0 Å². The minimum atomic E-state index is -1.41. The molecule has 3 N–H and O–H groups in total. The van der Waals surface area contributed by atoms with Gasteiger partial charge in [0.05, 0.1) is 29.4 Å². The molecule has 2 aromatic rings. The maximum absolute atomic E-state index is 14.3. The van der Waals surface area contributed by atoms with Crippen LogP contribution in [0, 0.1) is 23.7 Å². The first-order valence-electron chi connectivity index (χ1n) is 19.4. The molecule has 5 rings (SSSR count). The summed E-state index contributed by atoms with van der Waals surface area (Å²) in [7, 11) is 3.23. The second-order valence-corrected chi connectivity index (χ2v) is 16.1. The number of carbonyl (C=O) groups excluding carboxylic acids is 4. The molecule has 13 nitrogen and oxygen atoms in total. The number of para-hydroxylation sites is 1. The Hall–Kier alpha value is -3.49. The van der Waals surface area contributed by atoms with Crippen molar-refractivity contribution in [3.8, 4) is 0 Å². The van der Waals surface area contributed by atoms with Crippen molar-refractivity contribution in [3.63, 3.8) is 0 Å². The first-order valence-corrected chi connectivity index (χ1v) is 19.4.